The molecule has 2 aromatic rings. The number of hydrogen-bond donors (Lipinski definition) is 2. The predicted molar refractivity (Wildman–Crippen MR) is 93.2 cm³/mol. The monoisotopic (exact) mass is 410 g/mol. The van der Waals surface area contributed by atoms with Gasteiger partial charge in [-0.2, -0.15) is 0 Å². The molecule has 1 unspecified atom stereocenters. The number of carbonyl (C=O) groups excluding carboxylic acids is 1. The molecule has 21 heavy (non-hydrogen) atoms. The summed E-state index contributed by atoms with van der Waals surface area (Å²) < 4.78 is 1.62. The van der Waals surface area contributed by atoms with Crippen LogP contribution in [0.5, 0.6) is 0 Å². The smallest absolute Gasteiger partial charge is 0.248 e. The largest absolute Gasteiger partial charge is 0.322 e. The van der Waals surface area contributed by atoms with Crippen LogP contribution in [0.2, 0.25) is 0 Å². The van der Waals surface area contributed by atoms with E-state index in [2.05, 4.69) is 37.2 Å². The van der Waals surface area contributed by atoms with Gasteiger partial charge in [-0.15, -0.1) is 0 Å². The Morgan fingerprint density at radius 2 is 1.67 bits per heavy atom. The fourth-order valence-corrected chi connectivity index (χ4v) is 3.59. The van der Waals surface area contributed by atoms with Crippen molar-refractivity contribution in [1.82, 2.24) is 0 Å². The summed E-state index contributed by atoms with van der Waals surface area (Å²) in [6.45, 7) is 3.69. The van der Waals surface area contributed by atoms with Crippen molar-refractivity contribution in [3.05, 3.63) is 62.5 Å². The number of benzene rings is 2. The highest BCUT2D eigenvalue weighted by Gasteiger charge is 2.31. The van der Waals surface area contributed by atoms with E-state index in [1.807, 2.05) is 49.4 Å². The second kappa shape index (κ2) is 6.30. The number of amides is 1. The summed E-state index contributed by atoms with van der Waals surface area (Å²) in [6, 6.07) is 13.2. The molecule has 0 aliphatic rings. The first-order chi connectivity index (χ1) is 9.82. The molecule has 0 bridgehead atoms. The molecule has 0 fully saturated rings. The van der Waals surface area contributed by atoms with Crippen molar-refractivity contribution >= 4 is 43.5 Å². The van der Waals surface area contributed by atoms with Crippen molar-refractivity contribution in [2.45, 2.75) is 19.4 Å². The Kier molecular flexibility index (Phi) is 4.86. The third-order valence-corrected chi connectivity index (χ3v) is 4.52. The molecular formula is C16H16Br2N2O. The maximum absolute atomic E-state index is 12.5. The second-order valence-corrected chi connectivity index (χ2v) is 6.83. The van der Waals surface area contributed by atoms with E-state index in [0.29, 0.717) is 5.69 Å². The highest BCUT2D eigenvalue weighted by molar-refractivity contribution is 9.11. The first-order valence-corrected chi connectivity index (χ1v) is 8.02. The average molecular weight is 412 g/mol. The van der Waals surface area contributed by atoms with Gasteiger partial charge in [-0.05, 0) is 69.0 Å². The molecule has 0 aliphatic heterocycles. The van der Waals surface area contributed by atoms with Crippen LogP contribution >= 0.6 is 31.9 Å². The molecule has 0 radical (unpaired) electrons. The molecule has 0 spiro atoms. The minimum absolute atomic E-state index is 0.265. The van der Waals surface area contributed by atoms with Gasteiger partial charge < -0.3 is 11.1 Å². The Morgan fingerprint density at radius 1 is 1.14 bits per heavy atom. The van der Waals surface area contributed by atoms with Gasteiger partial charge in [0, 0.05) is 8.95 Å². The summed E-state index contributed by atoms with van der Waals surface area (Å²) in [6.07, 6.45) is 0. The lowest BCUT2D eigenvalue weighted by Gasteiger charge is -2.25. The molecule has 2 rings (SSSR count). The molecule has 110 valence electrons. The molecule has 0 saturated heterocycles. The molecule has 1 amide bonds. The Morgan fingerprint density at radius 3 is 2.19 bits per heavy atom. The van der Waals surface area contributed by atoms with Gasteiger partial charge >= 0.3 is 0 Å². The summed E-state index contributed by atoms with van der Waals surface area (Å²) in [5, 5.41) is 2.89. The normalized spacial score (nSPS) is 13.6. The summed E-state index contributed by atoms with van der Waals surface area (Å²) in [5.74, 6) is -0.265. The first-order valence-electron chi connectivity index (χ1n) is 6.44. The van der Waals surface area contributed by atoms with Crippen LogP contribution in [-0.2, 0) is 10.3 Å². The molecule has 0 saturated carbocycles. The van der Waals surface area contributed by atoms with E-state index in [4.69, 9.17) is 5.73 Å². The maximum atomic E-state index is 12.5. The van der Waals surface area contributed by atoms with Gasteiger partial charge in [-0.3, -0.25) is 4.79 Å². The van der Waals surface area contributed by atoms with Gasteiger partial charge in [0.25, 0.3) is 0 Å². The minimum Gasteiger partial charge on any atom is -0.322 e. The number of aryl methyl sites for hydroxylation is 1. The molecule has 2 aromatic carbocycles. The van der Waals surface area contributed by atoms with Crippen LogP contribution in [0.1, 0.15) is 18.1 Å². The number of hydrogen-bond acceptors (Lipinski definition) is 2. The Hall–Kier alpha value is -1.17. The van der Waals surface area contributed by atoms with E-state index in [1.54, 1.807) is 6.92 Å². The lowest BCUT2D eigenvalue weighted by Crippen LogP contribution is -2.45. The SMILES string of the molecule is Cc1cc(Br)c(NC(=O)C(C)(N)c2ccccc2)c(Br)c1. The van der Waals surface area contributed by atoms with Crippen LogP contribution in [0.25, 0.3) is 0 Å². The number of carbonyl (C=O) groups is 1. The second-order valence-electron chi connectivity index (χ2n) is 5.13. The van der Waals surface area contributed by atoms with E-state index in [9.17, 15) is 4.79 Å². The average Bonchev–Trinajstić information content (AvgIpc) is 2.43. The van der Waals surface area contributed by atoms with E-state index >= 15 is 0 Å². The molecule has 3 N–H and O–H groups in total. The summed E-state index contributed by atoms with van der Waals surface area (Å²) >= 11 is 6.93. The van der Waals surface area contributed by atoms with Crippen LogP contribution in [0.3, 0.4) is 0 Å². The lowest BCUT2D eigenvalue weighted by molar-refractivity contribution is -0.120. The van der Waals surface area contributed by atoms with E-state index in [1.165, 1.54) is 0 Å². The summed E-state index contributed by atoms with van der Waals surface area (Å²) in [4.78, 5) is 12.5. The maximum Gasteiger partial charge on any atom is 0.248 e. The molecule has 3 nitrogen and oxygen atoms in total. The number of nitrogens with two attached hydrogens (primary N) is 1. The molecular weight excluding hydrogens is 396 g/mol. The van der Waals surface area contributed by atoms with Crippen molar-refractivity contribution in [2.24, 2.45) is 5.73 Å². The highest BCUT2D eigenvalue weighted by atomic mass is 79.9. The Labute approximate surface area is 141 Å². The zero-order valence-corrected chi connectivity index (χ0v) is 15.0. The predicted octanol–water partition coefficient (Wildman–Crippen LogP) is 4.33. The Bertz CT molecular complexity index is 646. The van der Waals surface area contributed by atoms with Crippen LogP contribution in [0.4, 0.5) is 5.69 Å². The third-order valence-electron chi connectivity index (χ3n) is 3.27. The van der Waals surface area contributed by atoms with Gasteiger partial charge in [-0.25, -0.2) is 0 Å². The zero-order valence-electron chi connectivity index (χ0n) is 11.8. The molecule has 0 aliphatic carbocycles. The van der Waals surface area contributed by atoms with Crippen LogP contribution in [0.15, 0.2) is 51.4 Å². The molecule has 5 heteroatoms. The zero-order chi connectivity index (χ0) is 15.6. The minimum atomic E-state index is -1.11. The standard InChI is InChI=1S/C16H16Br2N2O/c1-10-8-12(17)14(13(18)9-10)20-15(21)16(2,19)11-6-4-3-5-7-11/h3-9H,19H2,1-2H3,(H,20,21). The molecule has 0 aromatic heterocycles. The van der Waals surface area contributed by atoms with Crippen molar-refractivity contribution in [2.75, 3.05) is 5.32 Å². The summed E-state index contributed by atoms with van der Waals surface area (Å²) in [5.41, 5.74) is 7.64. The van der Waals surface area contributed by atoms with Gasteiger partial charge in [-0.1, -0.05) is 30.3 Å². The fraction of sp³-hybridized carbons (Fsp3) is 0.188. The van der Waals surface area contributed by atoms with Crippen molar-refractivity contribution in [3.63, 3.8) is 0 Å². The van der Waals surface area contributed by atoms with Crippen molar-refractivity contribution < 1.29 is 4.79 Å². The van der Waals surface area contributed by atoms with Crippen LogP contribution in [-0.4, -0.2) is 5.91 Å². The topological polar surface area (TPSA) is 55.1 Å². The lowest BCUT2D eigenvalue weighted by atomic mass is 9.92. The fourth-order valence-electron chi connectivity index (χ4n) is 1.98. The van der Waals surface area contributed by atoms with E-state index < -0.39 is 5.54 Å². The third kappa shape index (κ3) is 3.54. The van der Waals surface area contributed by atoms with Gasteiger partial charge in [0.15, 0.2) is 0 Å². The quantitative estimate of drug-likeness (QED) is 0.789. The van der Waals surface area contributed by atoms with Gasteiger partial charge in [0.05, 0.1) is 5.69 Å². The first kappa shape index (κ1) is 16.2. The number of rotatable bonds is 3. The highest BCUT2D eigenvalue weighted by Crippen LogP contribution is 2.33. The van der Waals surface area contributed by atoms with Gasteiger partial charge in [0.1, 0.15) is 5.54 Å². The van der Waals surface area contributed by atoms with Gasteiger partial charge in [0.2, 0.25) is 5.91 Å². The van der Waals surface area contributed by atoms with E-state index in [-0.39, 0.29) is 5.91 Å². The number of halogens is 2. The van der Waals surface area contributed by atoms with Crippen LogP contribution < -0.4 is 11.1 Å². The van der Waals surface area contributed by atoms with Crippen LogP contribution in [0, 0.1) is 6.92 Å². The Balaban J connectivity index is 2.30. The van der Waals surface area contributed by atoms with Crippen molar-refractivity contribution in [3.8, 4) is 0 Å². The van der Waals surface area contributed by atoms with Crippen molar-refractivity contribution in [1.29, 1.82) is 0 Å². The molecule has 1 atom stereocenters. The van der Waals surface area contributed by atoms with E-state index in [0.717, 1.165) is 20.1 Å². The number of nitrogens with one attached hydrogen (secondary N) is 1. The summed E-state index contributed by atoms with van der Waals surface area (Å²) in [7, 11) is 0. The number of anilines is 1. The molecule has 0 heterocycles.